The molecule has 13 heavy (non-hydrogen) atoms. The van der Waals surface area contributed by atoms with Gasteiger partial charge in [0.1, 0.15) is 5.75 Å². The van der Waals surface area contributed by atoms with Crippen LogP contribution in [0.4, 0.5) is 5.69 Å². The van der Waals surface area contributed by atoms with Crippen molar-refractivity contribution in [3.63, 3.8) is 0 Å². The highest BCUT2D eigenvalue weighted by molar-refractivity contribution is 6.70. The van der Waals surface area contributed by atoms with E-state index in [1.165, 1.54) is 0 Å². The number of anilines is 1. The Morgan fingerprint density at radius 1 is 1.23 bits per heavy atom. The zero-order valence-corrected chi connectivity index (χ0v) is 9.72. The minimum atomic E-state index is -1.49. The molecule has 0 amide bonds. The first kappa shape index (κ1) is 10.1. The summed E-state index contributed by atoms with van der Waals surface area (Å²) in [5.41, 5.74) is 7.55. The number of hydrogen-bond donors (Lipinski definition) is 1. The summed E-state index contributed by atoms with van der Waals surface area (Å²) in [5.74, 6) is 0.966. The van der Waals surface area contributed by atoms with Gasteiger partial charge in [-0.05, 0) is 50.3 Å². The second-order valence-corrected chi connectivity index (χ2v) is 8.67. The summed E-state index contributed by atoms with van der Waals surface area (Å²) in [5, 5.41) is 0. The quantitative estimate of drug-likeness (QED) is 0.582. The lowest BCUT2D eigenvalue weighted by molar-refractivity contribution is 0.553. The van der Waals surface area contributed by atoms with Crippen molar-refractivity contribution >= 4 is 14.0 Å². The zero-order chi connectivity index (χ0) is 10.1. The van der Waals surface area contributed by atoms with Crippen LogP contribution in [0.1, 0.15) is 5.56 Å². The van der Waals surface area contributed by atoms with Crippen LogP contribution < -0.4 is 10.2 Å². The molecule has 0 unspecified atom stereocenters. The maximum atomic E-state index is 5.87. The lowest BCUT2D eigenvalue weighted by Gasteiger charge is -2.20. The van der Waals surface area contributed by atoms with Crippen molar-refractivity contribution in [2.45, 2.75) is 26.6 Å². The Morgan fingerprint density at radius 2 is 1.85 bits per heavy atom. The Bertz CT molecular complexity index is 304. The van der Waals surface area contributed by atoms with Crippen molar-refractivity contribution in [3.05, 3.63) is 23.8 Å². The molecule has 0 aliphatic carbocycles. The van der Waals surface area contributed by atoms with Crippen LogP contribution in [0, 0.1) is 6.92 Å². The number of benzene rings is 1. The second-order valence-electron chi connectivity index (χ2n) is 4.24. The number of nitrogens with two attached hydrogens (primary N) is 1. The third-order valence-electron chi connectivity index (χ3n) is 1.62. The molecule has 1 rings (SSSR count). The van der Waals surface area contributed by atoms with Gasteiger partial charge in [0.05, 0.1) is 0 Å². The van der Waals surface area contributed by atoms with Crippen LogP contribution >= 0.6 is 0 Å². The fraction of sp³-hybridized carbons (Fsp3) is 0.400. The number of aryl methyl sites for hydroxylation is 1. The summed E-state index contributed by atoms with van der Waals surface area (Å²) < 4.78 is 5.87. The van der Waals surface area contributed by atoms with Gasteiger partial charge in [-0.15, -0.1) is 0 Å². The Kier molecular flexibility index (Phi) is 2.66. The van der Waals surface area contributed by atoms with Crippen LogP contribution in [-0.2, 0) is 0 Å². The molecule has 0 spiro atoms. The molecule has 1 aromatic carbocycles. The molecule has 0 bridgehead atoms. The van der Waals surface area contributed by atoms with Gasteiger partial charge in [0.2, 0.25) is 8.32 Å². The fourth-order valence-corrected chi connectivity index (χ4v) is 2.01. The lowest BCUT2D eigenvalue weighted by Crippen LogP contribution is -2.29. The first-order chi connectivity index (χ1) is 5.88. The molecule has 1 aromatic rings. The zero-order valence-electron chi connectivity index (χ0n) is 8.72. The van der Waals surface area contributed by atoms with Crippen molar-refractivity contribution in [1.29, 1.82) is 0 Å². The largest absolute Gasteiger partial charge is 0.544 e. The Balaban J connectivity index is 2.90. The van der Waals surface area contributed by atoms with Gasteiger partial charge < -0.3 is 10.2 Å². The van der Waals surface area contributed by atoms with Gasteiger partial charge >= 0.3 is 0 Å². The van der Waals surface area contributed by atoms with Gasteiger partial charge in [-0.2, -0.15) is 0 Å². The van der Waals surface area contributed by atoms with E-state index in [0.717, 1.165) is 17.0 Å². The molecule has 2 N–H and O–H groups in total. The summed E-state index contributed by atoms with van der Waals surface area (Å²) in [6, 6.07) is 5.76. The number of nitrogen functional groups attached to an aromatic ring is 1. The molecule has 0 atom stereocenters. The highest BCUT2D eigenvalue weighted by atomic mass is 28.4. The molecule has 72 valence electrons. The molecular formula is C10H17NOSi. The normalized spacial score (nSPS) is 11.4. The topological polar surface area (TPSA) is 35.2 Å². The summed E-state index contributed by atoms with van der Waals surface area (Å²) in [6.07, 6.45) is 0. The maximum Gasteiger partial charge on any atom is 0.242 e. The van der Waals surface area contributed by atoms with Gasteiger partial charge in [0, 0.05) is 5.69 Å². The Hall–Kier alpha value is -0.963. The smallest absolute Gasteiger partial charge is 0.242 e. The maximum absolute atomic E-state index is 5.87. The summed E-state index contributed by atoms with van der Waals surface area (Å²) in [7, 11) is -1.49. The molecule has 2 nitrogen and oxygen atoms in total. The average molecular weight is 195 g/mol. The minimum Gasteiger partial charge on any atom is -0.544 e. The SMILES string of the molecule is Cc1cc(N)ccc1O[Si](C)(C)C. The van der Waals surface area contributed by atoms with Crippen molar-refractivity contribution in [1.82, 2.24) is 0 Å². The summed E-state index contributed by atoms with van der Waals surface area (Å²) in [4.78, 5) is 0. The molecule has 0 fully saturated rings. The van der Waals surface area contributed by atoms with E-state index in [-0.39, 0.29) is 0 Å². The van der Waals surface area contributed by atoms with E-state index >= 15 is 0 Å². The molecule has 0 radical (unpaired) electrons. The molecule has 0 saturated carbocycles. The van der Waals surface area contributed by atoms with Crippen LogP contribution in [0.15, 0.2) is 18.2 Å². The van der Waals surface area contributed by atoms with Crippen molar-refractivity contribution in [3.8, 4) is 5.75 Å². The van der Waals surface area contributed by atoms with Crippen LogP contribution in [-0.4, -0.2) is 8.32 Å². The van der Waals surface area contributed by atoms with E-state index in [2.05, 4.69) is 19.6 Å². The summed E-state index contributed by atoms with van der Waals surface area (Å²) in [6.45, 7) is 8.53. The van der Waals surface area contributed by atoms with Gasteiger partial charge in [0.15, 0.2) is 0 Å². The van der Waals surface area contributed by atoms with Gasteiger partial charge in [-0.3, -0.25) is 0 Å². The van der Waals surface area contributed by atoms with Crippen LogP contribution in [0.2, 0.25) is 19.6 Å². The average Bonchev–Trinajstić information content (AvgIpc) is 1.93. The number of hydrogen-bond acceptors (Lipinski definition) is 2. The first-order valence-corrected chi connectivity index (χ1v) is 7.84. The van der Waals surface area contributed by atoms with Crippen molar-refractivity contribution in [2.24, 2.45) is 0 Å². The van der Waals surface area contributed by atoms with Crippen LogP contribution in [0.5, 0.6) is 5.75 Å². The first-order valence-electron chi connectivity index (χ1n) is 4.43. The molecule has 0 aliphatic rings. The van der Waals surface area contributed by atoms with E-state index in [0.29, 0.717) is 0 Å². The van der Waals surface area contributed by atoms with E-state index in [1.807, 2.05) is 25.1 Å². The third-order valence-corrected chi connectivity index (χ3v) is 2.45. The fourth-order valence-electron chi connectivity index (χ4n) is 1.12. The summed E-state index contributed by atoms with van der Waals surface area (Å²) >= 11 is 0. The van der Waals surface area contributed by atoms with Gasteiger partial charge in [0.25, 0.3) is 0 Å². The minimum absolute atomic E-state index is 0.792. The highest BCUT2D eigenvalue weighted by Gasteiger charge is 2.16. The number of rotatable bonds is 2. The molecule has 3 heteroatoms. The Morgan fingerprint density at radius 3 is 2.31 bits per heavy atom. The van der Waals surface area contributed by atoms with Crippen LogP contribution in [0.25, 0.3) is 0 Å². The molecule has 0 heterocycles. The van der Waals surface area contributed by atoms with Crippen molar-refractivity contribution in [2.75, 3.05) is 5.73 Å². The molecule has 0 saturated heterocycles. The second kappa shape index (κ2) is 3.42. The van der Waals surface area contributed by atoms with E-state index in [4.69, 9.17) is 10.2 Å². The molecular weight excluding hydrogens is 178 g/mol. The molecule has 0 aliphatic heterocycles. The predicted octanol–water partition coefficient (Wildman–Crippen LogP) is 2.79. The van der Waals surface area contributed by atoms with E-state index in [9.17, 15) is 0 Å². The van der Waals surface area contributed by atoms with E-state index in [1.54, 1.807) is 0 Å². The standard InChI is InChI=1S/C10H17NOSi/c1-8-7-9(11)5-6-10(8)12-13(2,3)4/h5-7H,11H2,1-4H3. The molecule has 0 aromatic heterocycles. The lowest BCUT2D eigenvalue weighted by atomic mass is 10.2. The Labute approximate surface area is 80.8 Å². The van der Waals surface area contributed by atoms with E-state index < -0.39 is 8.32 Å². The predicted molar refractivity (Wildman–Crippen MR) is 59.6 cm³/mol. The van der Waals surface area contributed by atoms with Crippen LogP contribution in [0.3, 0.4) is 0 Å². The third kappa shape index (κ3) is 3.11. The van der Waals surface area contributed by atoms with Gasteiger partial charge in [-0.25, -0.2) is 0 Å². The van der Waals surface area contributed by atoms with Crippen molar-refractivity contribution < 1.29 is 4.43 Å². The monoisotopic (exact) mass is 195 g/mol. The highest BCUT2D eigenvalue weighted by Crippen LogP contribution is 2.23. The van der Waals surface area contributed by atoms with Gasteiger partial charge in [-0.1, -0.05) is 0 Å².